The fraction of sp³-hybridized carbons (Fsp3) is 0.321. The second-order valence-electron chi connectivity index (χ2n) is 8.53. The van der Waals surface area contributed by atoms with Crippen molar-refractivity contribution in [3.8, 4) is 5.75 Å². The number of carbonyl (C=O) groups is 1. The van der Waals surface area contributed by atoms with Crippen LogP contribution in [0.25, 0.3) is 0 Å². The predicted octanol–water partition coefficient (Wildman–Crippen LogP) is 9.47. The van der Waals surface area contributed by atoms with Crippen molar-refractivity contribution in [3.05, 3.63) is 82.9 Å². The summed E-state index contributed by atoms with van der Waals surface area (Å²) < 4.78 is 5.40. The Hall–Kier alpha value is -4.27. The van der Waals surface area contributed by atoms with Crippen LogP contribution in [0.5, 0.6) is 5.75 Å². The lowest BCUT2D eigenvalue weighted by Crippen LogP contribution is -2.07. The molecule has 0 unspecified atom stereocenters. The molecule has 0 aliphatic heterocycles. The van der Waals surface area contributed by atoms with Crippen LogP contribution >= 0.6 is 0 Å². The second kappa shape index (κ2) is 15.0. The minimum absolute atomic E-state index is 0.00289. The van der Waals surface area contributed by atoms with Crippen LogP contribution in [-0.4, -0.2) is 10.9 Å². The SMILES string of the molecule is CCCCCCCCCC(=O)Oc1ccc(N=Nc2ccc(N=Nc3ccc([N+](=O)[O-])cc3)cc2)cc1. The molecule has 3 aromatic carbocycles. The molecule has 37 heavy (non-hydrogen) atoms. The predicted molar refractivity (Wildman–Crippen MR) is 143 cm³/mol. The number of non-ortho nitro benzene ring substituents is 1. The first kappa shape index (κ1) is 27.3. The summed E-state index contributed by atoms with van der Waals surface area (Å²) in [5, 5.41) is 27.3. The van der Waals surface area contributed by atoms with Crippen molar-refractivity contribution in [3.63, 3.8) is 0 Å². The van der Waals surface area contributed by atoms with Crippen LogP contribution < -0.4 is 4.74 Å². The largest absolute Gasteiger partial charge is 0.427 e. The number of carbonyl (C=O) groups excluding carboxylic acids is 1. The molecule has 192 valence electrons. The summed E-state index contributed by atoms with van der Waals surface area (Å²) in [7, 11) is 0. The van der Waals surface area contributed by atoms with Crippen molar-refractivity contribution in [1.29, 1.82) is 0 Å². The first-order valence-corrected chi connectivity index (χ1v) is 12.5. The van der Waals surface area contributed by atoms with E-state index in [0.29, 0.717) is 34.9 Å². The minimum Gasteiger partial charge on any atom is -0.427 e. The Morgan fingerprint density at radius 3 is 1.54 bits per heavy atom. The number of benzene rings is 3. The van der Waals surface area contributed by atoms with E-state index in [1.165, 1.54) is 56.4 Å². The van der Waals surface area contributed by atoms with Gasteiger partial charge in [-0.2, -0.15) is 20.5 Å². The van der Waals surface area contributed by atoms with Crippen molar-refractivity contribution in [2.45, 2.75) is 58.3 Å². The summed E-state index contributed by atoms with van der Waals surface area (Å²) in [6, 6.07) is 19.7. The Balaban J connectivity index is 1.43. The summed E-state index contributed by atoms with van der Waals surface area (Å²) in [5.74, 6) is 0.281. The monoisotopic (exact) mass is 501 g/mol. The van der Waals surface area contributed by atoms with Crippen molar-refractivity contribution in [1.82, 2.24) is 0 Å². The van der Waals surface area contributed by atoms with Gasteiger partial charge in [-0.25, -0.2) is 0 Å². The molecule has 0 radical (unpaired) electrons. The highest BCUT2D eigenvalue weighted by Gasteiger charge is 2.05. The number of unbranched alkanes of at least 4 members (excludes halogenated alkanes) is 6. The summed E-state index contributed by atoms with van der Waals surface area (Å²) in [5.41, 5.74) is 2.40. The van der Waals surface area contributed by atoms with Gasteiger partial charge >= 0.3 is 5.97 Å². The Kier molecular flexibility index (Phi) is 11.1. The Bertz CT molecular complexity index is 1190. The molecule has 0 fully saturated rings. The van der Waals surface area contributed by atoms with Crippen LogP contribution in [0, 0.1) is 10.1 Å². The molecule has 3 rings (SSSR count). The summed E-state index contributed by atoms with van der Waals surface area (Å²) >= 11 is 0. The summed E-state index contributed by atoms with van der Waals surface area (Å²) in [6.45, 7) is 2.20. The van der Waals surface area contributed by atoms with E-state index in [4.69, 9.17) is 4.74 Å². The number of ether oxygens (including phenoxy) is 1. The van der Waals surface area contributed by atoms with Gasteiger partial charge in [-0.1, -0.05) is 45.4 Å². The maximum atomic E-state index is 12.0. The van der Waals surface area contributed by atoms with E-state index in [2.05, 4.69) is 27.4 Å². The van der Waals surface area contributed by atoms with Crippen molar-refractivity contribution >= 4 is 34.4 Å². The van der Waals surface area contributed by atoms with Crippen LogP contribution in [0.2, 0.25) is 0 Å². The van der Waals surface area contributed by atoms with Crippen molar-refractivity contribution in [2.75, 3.05) is 0 Å². The molecule has 0 spiro atoms. The molecule has 0 bridgehead atoms. The van der Waals surface area contributed by atoms with E-state index in [-0.39, 0.29) is 11.7 Å². The van der Waals surface area contributed by atoms with Gasteiger partial charge < -0.3 is 4.74 Å². The molecule has 0 N–H and O–H groups in total. The van der Waals surface area contributed by atoms with Gasteiger partial charge in [0, 0.05) is 18.6 Å². The summed E-state index contributed by atoms with van der Waals surface area (Å²) in [6.07, 6.45) is 8.54. The van der Waals surface area contributed by atoms with Gasteiger partial charge in [0.05, 0.1) is 27.7 Å². The zero-order valence-electron chi connectivity index (χ0n) is 21.0. The number of azo groups is 2. The lowest BCUT2D eigenvalue weighted by Gasteiger charge is -2.04. The molecule has 0 aromatic heterocycles. The Labute approximate surface area is 216 Å². The number of hydrogen-bond donors (Lipinski definition) is 0. The lowest BCUT2D eigenvalue weighted by atomic mass is 10.1. The highest BCUT2D eigenvalue weighted by Crippen LogP contribution is 2.25. The standard InChI is InChI=1S/C28H31N5O4/c1-2-3-4-5-6-7-8-9-28(34)37-27-20-16-25(17-21-27)32-30-23-12-10-22(11-13-23)29-31-24-14-18-26(19-15-24)33(35)36/h10-21H,2-9H2,1H3. The number of nitro groups is 1. The number of hydrogen-bond acceptors (Lipinski definition) is 8. The molecule has 0 aliphatic rings. The fourth-order valence-corrected chi connectivity index (χ4v) is 3.45. The lowest BCUT2D eigenvalue weighted by molar-refractivity contribution is -0.384. The van der Waals surface area contributed by atoms with Crippen LogP contribution in [0.15, 0.2) is 93.3 Å². The van der Waals surface area contributed by atoms with E-state index in [1.807, 2.05) is 0 Å². The zero-order valence-corrected chi connectivity index (χ0v) is 21.0. The molecule has 0 heterocycles. The molecule has 9 nitrogen and oxygen atoms in total. The maximum Gasteiger partial charge on any atom is 0.311 e. The van der Waals surface area contributed by atoms with Gasteiger partial charge in [0.15, 0.2) is 0 Å². The first-order valence-electron chi connectivity index (χ1n) is 12.5. The molecule has 0 aliphatic carbocycles. The van der Waals surface area contributed by atoms with E-state index >= 15 is 0 Å². The zero-order chi connectivity index (χ0) is 26.3. The molecule has 0 saturated heterocycles. The normalized spacial score (nSPS) is 11.3. The van der Waals surface area contributed by atoms with E-state index in [9.17, 15) is 14.9 Å². The number of rotatable bonds is 14. The Morgan fingerprint density at radius 2 is 1.08 bits per heavy atom. The number of nitro benzene ring substituents is 1. The third kappa shape index (κ3) is 10.1. The van der Waals surface area contributed by atoms with Gasteiger partial charge in [0.2, 0.25) is 0 Å². The average molecular weight is 502 g/mol. The molecule has 0 saturated carbocycles. The molecule has 3 aromatic rings. The molecule has 0 amide bonds. The van der Waals surface area contributed by atoms with Crippen molar-refractivity contribution in [2.24, 2.45) is 20.5 Å². The molecular formula is C28H31N5O4. The Morgan fingerprint density at radius 1 is 0.676 bits per heavy atom. The summed E-state index contributed by atoms with van der Waals surface area (Å²) in [4.78, 5) is 22.3. The third-order valence-corrected chi connectivity index (χ3v) is 5.52. The van der Waals surface area contributed by atoms with E-state index < -0.39 is 4.92 Å². The van der Waals surface area contributed by atoms with Crippen LogP contribution in [0.3, 0.4) is 0 Å². The average Bonchev–Trinajstić information content (AvgIpc) is 2.92. The molecular weight excluding hydrogens is 470 g/mol. The molecule has 9 heteroatoms. The van der Waals surface area contributed by atoms with E-state index in [1.54, 1.807) is 48.5 Å². The van der Waals surface area contributed by atoms with Gasteiger partial charge in [-0.3, -0.25) is 14.9 Å². The van der Waals surface area contributed by atoms with Crippen LogP contribution in [-0.2, 0) is 4.79 Å². The van der Waals surface area contributed by atoms with Gasteiger partial charge in [-0.05, 0) is 67.1 Å². The maximum absolute atomic E-state index is 12.0. The van der Waals surface area contributed by atoms with E-state index in [0.717, 1.165) is 12.8 Å². The number of esters is 1. The smallest absolute Gasteiger partial charge is 0.311 e. The first-order chi connectivity index (χ1) is 18.0. The highest BCUT2D eigenvalue weighted by molar-refractivity contribution is 5.72. The van der Waals surface area contributed by atoms with Crippen LogP contribution in [0.1, 0.15) is 58.3 Å². The topological polar surface area (TPSA) is 119 Å². The van der Waals surface area contributed by atoms with Gasteiger partial charge in [0.1, 0.15) is 5.75 Å². The quantitative estimate of drug-likeness (QED) is 0.0545. The molecule has 0 atom stereocenters. The third-order valence-electron chi connectivity index (χ3n) is 5.52. The van der Waals surface area contributed by atoms with Gasteiger partial charge in [-0.15, -0.1) is 0 Å². The minimum atomic E-state index is -0.462. The second-order valence-corrected chi connectivity index (χ2v) is 8.53. The van der Waals surface area contributed by atoms with Crippen LogP contribution in [0.4, 0.5) is 28.4 Å². The number of nitrogens with zero attached hydrogens (tertiary/aromatic N) is 5. The fourth-order valence-electron chi connectivity index (χ4n) is 3.45. The highest BCUT2D eigenvalue weighted by atomic mass is 16.6. The van der Waals surface area contributed by atoms with Crippen molar-refractivity contribution < 1.29 is 14.5 Å². The van der Waals surface area contributed by atoms with Gasteiger partial charge in [0.25, 0.3) is 5.69 Å².